The monoisotopic (exact) mass is 295 g/mol. The summed E-state index contributed by atoms with van der Waals surface area (Å²) in [5, 5.41) is 27.5. The van der Waals surface area contributed by atoms with E-state index in [9.17, 15) is 5.21 Å². The third-order valence-electron chi connectivity index (χ3n) is 3.43. The van der Waals surface area contributed by atoms with Gasteiger partial charge in [-0.1, -0.05) is 34.7 Å². The molecule has 1 N–H and O–H groups in total. The fraction of sp³-hybridized carbons (Fsp3) is 0.143. The molecule has 0 spiro atoms. The summed E-state index contributed by atoms with van der Waals surface area (Å²) in [6.45, 7) is 0.378. The van der Waals surface area contributed by atoms with E-state index >= 15 is 0 Å². The zero-order valence-corrected chi connectivity index (χ0v) is 11.6. The molecule has 4 aromatic rings. The van der Waals surface area contributed by atoms with Gasteiger partial charge < -0.3 is 5.21 Å². The van der Waals surface area contributed by atoms with Crippen LogP contribution >= 0.6 is 0 Å². The Hall–Kier alpha value is -2.84. The SMILES string of the molecule is ON(Cn1nnc2ccccc21)Cn1nnc2ccccc21. The minimum Gasteiger partial charge on any atom is -0.310 e. The first-order valence-electron chi connectivity index (χ1n) is 6.81. The highest BCUT2D eigenvalue weighted by Gasteiger charge is 2.10. The van der Waals surface area contributed by atoms with Crippen LogP contribution in [-0.2, 0) is 13.3 Å². The van der Waals surface area contributed by atoms with Gasteiger partial charge in [-0.3, -0.25) is 0 Å². The maximum absolute atomic E-state index is 10.2. The van der Waals surface area contributed by atoms with Crippen molar-refractivity contribution in [2.45, 2.75) is 13.3 Å². The number of para-hydroxylation sites is 2. The fourth-order valence-corrected chi connectivity index (χ4v) is 2.40. The van der Waals surface area contributed by atoms with Crippen LogP contribution in [0.4, 0.5) is 0 Å². The Bertz CT molecular complexity index is 853. The molecule has 2 aromatic heterocycles. The fourth-order valence-electron chi connectivity index (χ4n) is 2.40. The number of rotatable bonds is 4. The van der Waals surface area contributed by atoms with Gasteiger partial charge in [0.2, 0.25) is 0 Å². The number of nitrogens with zero attached hydrogens (tertiary/aromatic N) is 7. The first-order valence-corrected chi connectivity index (χ1v) is 6.81. The van der Waals surface area contributed by atoms with Gasteiger partial charge in [-0.15, -0.1) is 15.3 Å². The third-order valence-corrected chi connectivity index (χ3v) is 3.43. The first-order chi connectivity index (χ1) is 10.8. The molecule has 4 rings (SSSR count). The molecule has 2 aromatic carbocycles. The molecule has 8 nitrogen and oxygen atoms in total. The molecule has 0 saturated heterocycles. The molecule has 0 unspecified atom stereocenters. The van der Waals surface area contributed by atoms with E-state index < -0.39 is 0 Å². The molecule has 22 heavy (non-hydrogen) atoms. The van der Waals surface area contributed by atoms with Crippen molar-refractivity contribution in [1.82, 2.24) is 35.1 Å². The Labute approximate surface area is 125 Å². The normalized spacial score (nSPS) is 11.7. The lowest BCUT2D eigenvalue weighted by Gasteiger charge is -2.14. The Morgan fingerprint density at radius 1 is 0.773 bits per heavy atom. The third kappa shape index (κ3) is 2.20. The summed E-state index contributed by atoms with van der Waals surface area (Å²) >= 11 is 0. The van der Waals surface area contributed by atoms with E-state index in [0.29, 0.717) is 0 Å². The maximum atomic E-state index is 10.2. The summed E-state index contributed by atoms with van der Waals surface area (Å²) in [5.74, 6) is 0. The van der Waals surface area contributed by atoms with Crippen LogP contribution in [0, 0.1) is 0 Å². The van der Waals surface area contributed by atoms with E-state index in [1.807, 2.05) is 48.5 Å². The highest BCUT2D eigenvalue weighted by molar-refractivity contribution is 5.74. The first kappa shape index (κ1) is 12.9. The number of aromatic nitrogens is 6. The molecule has 0 aliphatic heterocycles. The quantitative estimate of drug-likeness (QED) is 0.574. The van der Waals surface area contributed by atoms with Crippen molar-refractivity contribution in [2.75, 3.05) is 0 Å². The second-order valence-corrected chi connectivity index (χ2v) is 4.94. The van der Waals surface area contributed by atoms with Gasteiger partial charge in [0.25, 0.3) is 0 Å². The van der Waals surface area contributed by atoms with Crippen molar-refractivity contribution in [3.05, 3.63) is 48.5 Å². The highest BCUT2D eigenvalue weighted by atomic mass is 16.5. The van der Waals surface area contributed by atoms with Crippen LogP contribution in [0.3, 0.4) is 0 Å². The van der Waals surface area contributed by atoms with Crippen LogP contribution in [0.25, 0.3) is 22.1 Å². The predicted molar refractivity (Wildman–Crippen MR) is 78.7 cm³/mol. The van der Waals surface area contributed by atoms with Gasteiger partial charge in [0, 0.05) is 0 Å². The Balaban J connectivity index is 1.56. The second kappa shape index (κ2) is 5.17. The molecule has 2 heterocycles. The summed E-state index contributed by atoms with van der Waals surface area (Å²) in [7, 11) is 0. The summed E-state index contributed by atoms with van der Waals surface area (Å²) in [5.41, 5.74) is 3.32. The van der Waals surface area contributed by atoms with Crippen LogP contribution in [0.1, 0.15) is 0 Å². The molecule has 0 fully saturated rings. The molecule has 0 atom stereocenters. The molecule has 0 amide bonds. The predicted octanol–water partition coefficient (Wildman–Crippen LogP) is 1.48. The van der Waals surface area contributed by atoms with Gasteiger partial charge in [-0.25, -0.2) is 9.36 Å². The van der Waals surface area contributed by atoms with Crippen LogP contribution < -0.4 is 0 Å². The minimum atomic E-state index is 0.189. The molecule has 110 valence electrons. The molecule has 0 radical (unpaired) electrons. The summed E-state index contributed by atoms with van der Waals surface area (Å²) in [6, 6.07) is 15.2. The number of hydrogen-bond acceptors (Lipinski definition) is 6. The van der Waals surface area contributed by atoms with Crippen LogP contribution in [-0.4, -0.2) is 40.3 Å². The lowest BCUT2D eigenvalue weighted by atomic mass is 10.3. The number of hydrogen-bond donors (Lipinski definition) is 1. The van der Waals surface area contributed by atoms with Crippen molar-refractivity contribution in [2.24, 2.45) is 0 Å². The topological polar surface area (TPSA) is 84.9 Å². The average Bonchev–Trinajstić information content (AvgIpc) is 3.13. The van der Waals surface area contributed by atoms with Crippen molar-refractivity contribution < 1.29 is 5.21 Å². The second-order valence-electron chi connectivity index (χ2n) is 4.94. The van der Waals surface area contributed by atoms with E-state index in [2.05, 4.69) is 20.6 Å². The van der Waals surface area contributed by atoms with Crippen molar-refractivity contribution in [1.29, 1.82) is 0 Å². The zero-order valence-electron chi connectivity index (χ0n) is 11.6. The average molecular weight is 295 g/mol. The standard InChI is InChI=1S/C14H13N7O/c22-19(9-20-13-7-3-1-5-11(13)15-17-20)10-21-14-8-4-2-6-12(14)16-18-21/h1-8,22H,9-10H2. The van der Waals surface area contributed by atoms with Crippen LogP contribution in [0.5, 0.6) is 0 Å². The van der Waals surface area contributed by atoms with Gasteiger partial charge in [0.15, 0.2) is 0 Å². The van der Waals surface area contributed by atoms with Gasteiger partial charge in [0.05, 0.1) is 11.0 Å². The maximum Gasteiger partial charge on any atom is 0.121 e. The smallest absolute Gasteiger partial charge is 0.121 e. The van der Waals surface area contributed by atoms with E-state index in [4.69, 9.17) is 0 Å². The zero-order chi connectivity index (χ0) is 14.9. The molecule has 0 bridgehead atoms. The number of hydroxylamine groups is 2. The molecular weight excluding hydrogens is 282 g/mol. The van der Waals surface area contributed by atoms with E-state index in [1.165, 1.54) is 0 Å². The Morgan fingerprint density at radius 2 is 1.23 bits per heavy atom. The van der Waals surface area contributed by atoms with E-state index in [0.717, 1.165) is 27.1 Å². The number of benzene rings is 2. The highest BCUT2D eigenvalue weighted by Crippen LogP contribution is 2.12. The van der Waals surface area contributed by atoms with E-state index in [-0.39, 0.29) is 13.3 Å². The summed E-state index contributed by atoms with van der Waals surface area (Å²) in [6.07, 6.45) is 0. The lowest BCUT2D eigenvalue weighted by molar-refractivity contribution is -0.145. The number of fused-ring (bicyclic) bond motifs is 2. The van der Waals surface area contributed by atoms with Gasteiger partial charge in [0.1, 0.15) is 24.4 Å². The largest absolute Gasteiger partial charge is 0.310 e. The van der Waals surface area contributed by atoms with Gasteiger partial charge in [-0.05, 0) is 24.3 Å². The van der Waals surface area contributed by atoms with Crippen LogP contribution in [0.2, 0.25) is 0 Å². The molecular formula is C14H13N7O. The minimum absolute atomic E-state index is 0.189. The Morgan fingerprint density at radius 3 is 1.73 bits per heavy atom. The molecule has 0 saturated carbocycles. The van der Waals surface area contributed by atoms with Crippen LogP contribution in [0.15, 0.2) is 48.5 Å². The van der Waals surface area contributed by atoms with Crippen molar-refractivity contribution in [3.8, 4) is 0 Å². The lowest BCUT2D eigenvalue weighted by Crippen LogP contribution is -2.26. The molecule has 8 heteroatoms. The summed E-state index contributed by atoms with van der Waals surface area (Å²) in [4.78, 5) is 0. The van der Waals surface area contributed by atoms with Gasteiger partial charge >= 0.3 is 0 Å². The Kier molecular flexibility index (Phi) is 3.02. The van der Waals surface area contributed by atoms with E-state index in [1.54, 1.807) is 9.36 Å². The van der Waals surface area contributed by atoms with Crippen molar-refractivity contribution >= 4 is 22.1 Å². The van der Waals surface area contributed by atoms with Crippen molar-refractivity contribution in [3.63, 3.8) is 0 Å². The molecule has 0 aliphatic carbocycles. The summed E-state index contributed by atoms with van der Waals surface area (Å²) < 4.78 is 3.27. The van der Waals surface area contributed by atoms with Gasteiger partial charge in [-0.2, -0.15) is 0 Å². The molecule has 0 aliphatic rings.